The lowest BCUT2D eigenvalue weighted by atomic mass is 10.2. The van der Waals surface area contributed by atoms with E-state index < -0.39 is 0 Å². The highest BCUT2D eigenvalue weighted by Crippen LogP contribution is 2.35. The summed E-state index contributed by atoms with van der Waals surface area (Å²) in [4.78, 5) is 17.5. The van der Waals surface area contributed by atoms with Crippen molar-refractivity contribution in [2.75, 3.05) is 5.32 Å². The molecular formula is C19H13ClN2OS2. The van der Waals surface area contributed by atoms with Crippen molar-refractivity contribution in [1.82, 2.24) is 4.98 Å². The number of hydrogen-bond acceptors (Lipinski definition) is 4. The Kier molecular flexibility index (Phi) is 4.29. The molecule has 2 aromatic heterocycles. The standard InChI is InChI=1S/C19H13ClN2OS2/c1-11-21-14-7-6-12(10-17(14)24-11)22-18(23)9-8-16-19(20)13-4-2-3-5-15(13)25-16/h2-10H,1H3,(H,22,23)/b9-8+. The van der Waals surface area contributed by atoms with Gasteiger partial charge >= 0.3 is 0 Å². The van der Waals surface area contributed by atoms with Crippen LogP contribution in [0.1, 0.15) is 9.88 Å². The number of fused-ring (bicyclic) bond motifs is 2. The third-order valence-corrected chi connectivity index (χ3v) is 6.30. The van der Waals surface area contributed by atoms with E-state index in [0.717, 1.165) is 35.9 Å². The Hall–Kier alpha value is -2.21. The highest BCUT2D eigenvalue weighted by atomic mass is 35.5. The number of benzene rings is 2. The van der Waals surface area contributed by atoms with Crippen LogP contribution in [0.5, 0.6) is 0 Å². The topological polar surface area (TPSA) is 42.0 Å². The van der Waals surface area contributed by atoms with E-state index in [1.807, 2.05) is 49.4 Å². The minimum Gasteiger partial charge on any atom is -0.322 e. The normalized spacial score (nSPS) is 11.6. The number of nitrogens with zero attached hydrogens (tertiary/aromatic N) is 1. The second-order valence-electron chi connectivity index (χ2n) is 5.51. The maximum absolute atomic E-state index is 12.2. The average Bonchev–Trinajstić information content (AvgIpc) is 3.12. The zero-order chi connectivity index (χ0) is 17.4. The average molecular weight is 385 g/mol. The van der Waals surface area contributed by atoms with Gasteiger partial charge in [-0.2, -0.15) is 0 Å². The Bertz CT molecular complexity index is 1130. The summed E-state index contributed by atoms with van der Waals surface area (Å²) in [6.45, 7) is 1.97. The molecule has 0 atom stereocenters. The number of thiophene rings is 1. The summed E-state index contributed by atoms with van der Waals surface area (Å²) < 4.78 is 2.17. The van der Waals surface area contributed by atoms with Crippen molar-refractivity contribution >= 4 is 72.2 Å². The molecule has 124 valence electrons. The van der Waals surface area contributed by atoms with Crippen LogP contribution in [0.2, 0.25) is 5.02 Å². The molecule has 0 saturated carbocycles. The number of anilines is 1. The van der Waals surface area contributed by atoms with Gasteiger partial charge in [0.2, 0.25) is 5.91 Å². The number of nitrogens with one attached hydrogen (secondary N) is 1. The summed E-state index contributed by atoms with van der Waals surface area (Å²) in [6, 6.07) is 13.7. The Morgan fingerprint density at radius 3 is 2.84 bits per heavy atom. The largest absolute Gasteiger partial charge is 0.322 e. The molecule has 4 aromatic rings. The highest BCUT2D eigenvalue weighted by Gasteiger charge is 2.08. The van der Waals surface area contributed by atoms with Crippen molar-refractivity contribution in [3.63, 3.8) is 0 Å². The van der Waals surface area contributed by atoms with Crippen LogP contribution >= 0.6 is 34.3 Å². The minimum absolute atomic E-state index is 0.186. The van der Waals surface area contributed by atoms with Gasteiger partial charge in [-0.1, -0.05) is 29.8 Å². The summed E-state index contributed by atoms with van der Waals surface area (Å²) in [7, 11) is 0. The second-order valence-corrected chi connectivity index (χ2v) is 8.21. The fourth-order valence-corrected chi connectivity index (χ4v) is 4.86. The van der Waals surface area contributed by atoms with E-state index in [1.165, 1.54) is 6.08 Å². The van der Waals surface area contributed by atoms with Crippen LogP contribution in [0.4, 0.5) is 5.69 Å². The Morgan fingerprint density at radius 1 is 1.16 bits per heavy atom. The van der Waals surface area contributed by atoms with Gasteiger partial charge in [0.05, 0.1) is 20.2 Å². The van der Waals surface area contributed by atoms with Gasteiger partial charge in [-0.15, -0.1) is 22.7 Å². The molecule has 1 N–H and O–H groups in total. The van der Waals surface area contributed by atoms with Crippen molar-refractivity contribution in [3.8, 4) is 0 Å². The molecule has 0 bridgehead atoms. The van der Waals surface area contributed by atoms with Crippen molar-refractivity contribution < 1.29 is 4.79 Å². The van der Waals surface area contributed by atoms with Gasteiger partial charge in [-0.25, -0.2) is 4.98 Å². The zero-order valence-electron chi connectivity index (χ0n) is 13.2. The van der Waals surface area contributed by atoms with Crippen LogP contribution < -0.4 is 5.32 Å². The van der Waals surface area contributed by atoms with Crippen molar-refractivity contribution in [2.45, 2.75) is 6.92 Å². The number of hydrogen-bond donors (Lipinski definition) is 1. The Labute approximate surface area is 157 Å². The van der Waals surface area contributed by atoms with E-state index in [4.69, 9.17) is 11.6 Å². The molecule has 0 aliphatic rings. The molecule has 2 heterocycles. The molecule has 3 nitrogen and oxygen atoms in total. The van der Waals surface area contributed by atoms with Crippen LogP contribution in [0, 0.1) is 6.92 Å². The van der Waals surface area contributed by atoms with Gasteiger partial charge in [0.15, 0.2) is 0 Å². The fraction of sp³-hybridized carbons (Fsp3) is 0.0526. The molecule has 25 heavy (non-hydrogen) atoms. The smallest absolute Gasteiger partial charge is 0.248 e. The molecule has 0 aliphatic heterocycles. The van der Waals surface area contributed by atoms with E-state index in [2.05, 4.69) is 10.3 Å². The van der Waals surface area contributed by atoms with E-state index in [1.54, 1.807) is 28.7 Å². The molecule has 0 fully saturated rings. The summed E-state index contributed by atoms with van der Waals surface area (Å²) in [5, 5.41) is 5.59. The number of carbonyl (C=O) groups excluding carboxylic acids is 1. The van der Waals surface area contributed by atoms with Gasteiger partial charge in [0.25, 0.3) is 0 Å². The van der Waals surface area contributed by atoms with Gasteiger partial charge in [-0.3, -0.25) is 4.79 Å². The van der Waals surface area contributed by atoms with E-state index in [0.29, 0.717) is 5.02 Å². The molecule has 2 aromatic carbocycles. The first kappa shape index (κ1) is 16.3. The van der Waals surface area contributed by atoms with Crippen molar-refractivity contribution in [1.29, 1.82) is 0 Å². The van der Waals surface area contributed by atoms with Gasteiger partial charge in [-0.05, 0) is 37.3 Å². The predicted molar refractivity (Wildman–Crippen MR) is 109 cm³/mol. The number of rotatable bonds is 3. The van der Waals surface area contributed by atoms with Gasteiger partial charge < -0.3 is 5.32 Å². The molecular weight excluding hydrogens is 372 g/mol. The third kappa shape index (κ3) is 3.31. The van der Waals surface area contributed by atoms with Crippen molar-refractivity contribution in [3.05, 3.63) is 63.4 Å². The number of aromatic nitrogens is 1. The van der Waals surface area contributed by atoms with Crippen LogP contribution in [-0.2, 0) is 4.79 Å². The first-order valence-corrected chi connectivity index (χ1v) is 9.64. The molecule has 0 spiro atoms. The van der Waals surface area contributed by atoms with Crippen LogP contribution in [0.15, 0.2) is 48.5 Å². The van der Waals surface area contributed by atoms with Crippen LogP contribution in [0.3, 0.4) is 0 Å². The lowest BCUT2D eigenvalue weighted by Crippen LogP contribution is -2.07. The SMILES string of the molecule is Cc1nc2ccc(NC(=O)/C=C/c3sc4ccccc4c3Cl)cc2s1. The first-order chi connectivity index (χ1) is 12.1. The second kappa shape index (κ2) is 6.59. The summed E-state index contributed by atoms with van der Waals surface area (Å²) >= 11 is 9.57. The quantitative estimate of drug-likeness (QED) is 0.432. The first-order valence-electron chi connectivity index (χ1n) is 7.63. The lowest BCUT2D eigenvalue weighted by Gasteiger charge is -2.01. The zero-order valence-corrected chi connectivity index (χ0v) is 15.6. The third-order valence-electron chi connectivity index (χ3n) is 3.71. The highest BCUT2D eigenvalue weighted by molar-refractivity contribution is 7.20. The molecule has 4 rings (SSSR count). The van der Waals surface area contributed by atoms with Crippen molar-refractivity contribution in [2.24, 2.45) is 0 Å². The minimum atomic E-state index is -0.186. The number of halogens is 1. The molecule has 0 unspecified atom stereocenters. The monoisotopic (exact) mass is 384 g/mol. The summed E-state index contributed by atoms with van der Waals surface area (Å²) in [5.41, 5.74) is 1.71. The Morgan fingerprint density at radius 2 is 2.00 bits per heavy atom. The number of aryl methyl sites for hydroxylation is 1. The molecule has 0 saturated heterocycles. The summed E-state index contributed by atoms with van der Waals surface area (Å²) in [6.07, 6.45) is 3.27. The number of thiazole rings is 1. The molecule has 6 heteroatoms. The molecule has 0 aliphatic carbocycles. The molecule has 0 radical (unpaired) electrons. The van der Waals surface area contributed by atoms with Gasteiger partial charge in [0, 0.05) is 26.7 Å². The Balaban J connectivity index is 1.53. The van der Waals surface area contributed by atoms with E-state index in [9.17, 15) is 4.79 Å². The molecule has 1 amide bonds. The maximum Gasteiger partial charge on any atom is 0.248 e. The van der Waals surface area contributed by atoms with E-state index >= 15 is 0 Å². The van der Waals surface area contributed by atoms with Crippen LogP contribution in [-0.4, -0.2) is 10.9 Å². The van der Waals surface area contributed by atoms with Gasteiger partial charge in [0.1, 0.15) is 0 Å². The maximum atomic E-state index is 12.2. The predicted octanol–water partition coefficient (Wildman–Crippen LogP) is 6.12. The van der Waals surface area contributed by atoms with Crippen LogP contribution in [0.25, 0.3) is 26.4 Å². The summed E-state index contributed by atoms with van der Waals surface area (Å²) in [5.74, 6) is -0.186. The number of carbonyl (C=O) groups is 1. The number of amides is 1. The lowest BCUT2D eigenvalue weighted by molar-refractivity contribution is -0.111. The van der Waals surface area contributed by atoms with E-state index in [-0.39, 0.29) is 5.91 Å². The fourth-order valence-electron chi connectivity index (χ4n) is 2.59.